The fourth-order valence-corrected chi connectivity index (χ4v) is 3.69. The highest BCUT2D eigenvalue weighted by Gasteiger charge is 2.44. The fourth-order valence-electron chi connectivity index (χ4n) is 2.53. The van der Waals surface area contributed by atoms with Crippen LogP contribution in [-0.4, -0.2) is 32.0 Å². The Morgan fingerprint density at radius 3 is 2.05 bits per heavy atom. The zero-order chi connectivity index (χ0) is 15.7. The Kier molecular flexibility index (Phi) is 7.80. The molecule has 0 N–H and O–H groups in total. The second-order valence-electron chi connectivity index (χ2n) is 5.27. The summed E-state index contributed by atoms with van der Waals surface area (Å²) in [6.07, 6.45) is 2.87. The van der Waals surface area contributed by atoms with Crippen LogP contribution in [0.3, 0.4) is 0 Å². The van der Waals surface area contributed by atoms with Gasteiger partial charge in [-0.1, -0.05) is 36.4 Å². The number of azide groups is 1. The second-order valence-corrected chi connectivity index (χ2v) is 6.55. The maximum Gasteiger partial charge on any atom is 0.229 e. The van der Waals surface area contributed by atoms with Gasteiger partial charge in [0.15, 0.2) is 0 Å². The molecular formula is C11H20N6O2Si2. The number of hydrogen-bond acceptors (Lipinski definition) is 4. The first-order chi connectivity index (χ1) is 10.1. The summed E-state index contributed by atoms with van der Waals surface area (Å²) in [4.78, 5) is 5.66. The molecule has 8 nitrogen and oxygen atoms in total. The van der Waals surface area contributed by atoms with Crippen LogP contribution in [0.15, 0.2) is 10.2 Å². The van der Waals surface area contributed by atoms with Gasteiger partial charge in [0.2, 0.25) is 19.5 Å². The van der Waals surface area contributed by atoms with E-state index in [1.165, 1.54) is 6.42 Å². The van der Waals surface area contributed by atoms with Gasteiger partial charge in [0.05, 0.1) is 0 Å². The van der Waals surface area contributed by atoms with Crippen molar-refractivity contribution in [1.82, 2.24) is 0 Å². The van der Waals surface area contributed by atoms with Crippen molar-refractivity contribution in [1.29, 1.82) is 0 Å². The molecule has 1 atom stereocenters. The number of rotatable bonds is 10. The molecular weight excluding hydrogens is 304 g/mol. The van der Waals surface area contributed by atoms with Crippen molar-refractivity contribution in [3.8, 4) is 0 Å². The van der Waals surface area contributed by atoms with Gasteiger partial charge in [-0.3, -0.25) is 0 Å². The summed E-state index contributed by atoms with van der Waals surface area (Å²) >= 11 is 0. The number of hydrogen-bond donors (Lipinski definition) is 0. The van der Waals surface area contributed by atoms with Crippen molar-refractivity contribution in [3.63, 3.8) is 0 Å². The molecule has 1 aliphatic carbocycles. The summed E-state index contributed by atoms with van der Waals surface area (Å²) in [5, 5.41) is 7.38. The Hall–Kier alpha value is -1.03. The molecule has 1 saturated carbocycles. The molecule has 0 heterocycles. The third kappa shape index (κ3) is 4.74. The predicted octanol–water partition coefficient (Wildman–Crippen LogP) is 3.82. The first-order valence-electron chi connectivity index (χ1n) is 6.85. The summed E-state index contributed by atoms with van der Waals surface area (Å²) in [6.45, 7) is 5.74. The Morgan fingerprint density at radius 1 is 1.19 bits per heavy atom. The third-order valence-corrected chi connectivity index (χ3v) is 4.75. The lowest BCUT2D eigenvalue weighted by Gasteiger charge is -2.43. The van der Waals surface area contributed by atoms with E-state index >= 15 is 0 Å². The highest BCUT2D eigenvalue weighted by molar-refractivity contribution is 6.26. The van der Waals surface area contributed by atoms with Crippen molar-refractivity contribution in [3.05, 3.63) is 20.9 Å². The second kappa shape index (κ2) is 9.09. The van der Waals surface area contributed by atoms with Gasteiger partial charge in [-0.15, -0.1) is 0 Å². The zero-order valence-electron chi connectivity index (χ0n) is 12.6. The van der Waals surface area contributed by atoms with E-state index in [4.69, 9.17) is 19.9 Å². The smallest absolute Gasteiger partial charge is 0.229 e. The maximum absolute atomic E-state index is 8.77. The third-order valence-electron chi connectivity index (χ3n) is 3.85. The highest BCUT2D eigenvalue weighted by Crippen LogP contribution is 2.44. The highest BCUT2D eigenvalue weighted by atomic mass is 28.2. The van der Waals surface area contributed by atoms with E-state index in [-0.39, 0.29) is 19.5 Å². The monoisotopic (exact) mass is 324 g/mol. The molecule has 1 unspecified atom stereocenters. The quantitative estimate of drug-likeness (QED) is 0.200. The van der Waals surface area contributed by atoms with Gasteiger partial charge < -0.3 is 8.85 Å². The van der Waals surface area contributed by atoms with Crippen LogP contribution >= 0.6 is 0 Å². The molecule has 4 radical (unpaired) electrons. The molecule has 0 saturated heterocycles. The van der Waals surface area contributed by atoms with E-state index in [1.54, 1.807) is 0 Å². The summed E-state index contributed by atoms with van der Waals surface area (Å²) in [6, 6.07) is 0. The molecule has 114 valence electrons. The van der Waals surface area contributed by atoms with Crippen LogP contribution in [-0.2, 0) is 8.85 Å². The molecule has 1 aliphatic rings. The van der Waals surface area contributed by atoms with Crippen molar-refractivity contribution in [2.75, 3.05) is 0 Å². The Labute approximate surface area is 129 Å². The molecule has 0 aromatic carbocycles. The summed E-state index contributed by atoms with van der Waals surface area (Å²) in [5.41, 5.74) is 16.9. The van der Waals surface area contributed by atoms with E-state index in [0.717, 1.165) is 19.3 Å². The van der Waals surface area contributed by atoms with Crippen LogP contribution in [0, 0.1) is 11.3 Å². The molecule has 1 fully saturated rings. The predicted molar refractivity (Wildman–Crippen MR) is 81.3 cm³/mol. The van der Waals surface area contributed by atoms with E-state index in [9.17, 15) is 0 Å². The minimum Gasteiger partial charge on any atom is -0.394 e. The molecule has 0 amide bonds. The molecule has 0 spiro atoms. The van der Waals surface area contributed by atoms with E-state index in [1.807, 2.05) is 20.0 Å². The van der Waals surface area contributed by atoms with E-state index < -0.39 is 17.9 Å². The van der Waals surface area contributed by atoms with Gasteiger partial charge in [0.25, 0.3) is 0 Å². The van der Waals surface area contributed by atoms with Crippen molar-refractivity contribution in [2.45, 2.75) is 58.2 Å². The number of nitrogens with zero attached hydrogens (tertiary/aromatic N) is 6. The summed E-state index contributed by atoms with van der Waals surface area (Å²) < 4.78 is 11.5. The molecule has 0 aromatic heterocycles. The Morgan fingerprint density at radius 2 is 1.71 bits per heavy atom. The summed E-state index contributed by atoms with van der Waals surface area (Å²) in [7, 11) is 0.487. The molecule has 0 bridgehead atoms. The van der Waals surface area contributed by atoms with Crippen molar-refractivity contribution < 1.29 is 8.85 Å². The average Bonchev–Trinajstić information content (AvgIpc) is 2.42. The SMILES string of the molecule is C[Si]OC(O[Si]C)C(C)(CC1CCC1)C(N=[N+]=[N-])N=[N+]=[N-]. The molecule has 21 heavy (non-hydrogen) atoms. The van der Waals surface area contributed by atoms with Crippen LogP contribution in [0.1, 0.15) is 32.6 Å². The van der Waals surface area contributed by atoms with Gasteiger partial charge >= 0.3 is 0 Å². The van der Waals surface area contributed by atoms with Crippen LogP contribution < -0.4 is 0 Å². The normalized spacial score (nSPS) is 19.0. The first kappa shape index (κ1) is 18.0. The first-order valence-corrected chi connectivity index (χ1v) is 9.67. The fraction of sp³-hybridized carbons (Fsp3) is 1.00. The van der Waals surface area contributed by atoms with Crippen LogP contribution in [0.2, 0.25) is 13.1 Å². The van der Waals surface area contributed by atoms with Gasteiger partial charge in [-0.05, 0) is 36.5 Å². The minimum atomic E-state index is -0.856. The minimum absolute atomic E-state index is 0.244. The topological polar surface area (TPSA) is 116 Å². The van der Waals surface area contributed by atoms with Gasteiger partial charge in [0.1, 0.15) is 12.5 Å². The van der Waals surface area contributed by atoms with E-state index in [0.29, 0.717) is 5.92 Å². The molecule has 1 rings (SSSR count). The molecule has 0 aromatic rings. The molecule has 10 heteroatoms. The Balaban J connectivity index is 3.09. The van der Waals surface area contributed by atoms with Gasteiger partial charge in [-0.2, -0.15) is 0 Å². The lowest BCUT2D eigenvalue weighted by molar-refractivity contribution is -0.110. The standard InChI is InChI=1S/C11H20N6O2Si2/c1-11(7-8-5-4-6-8,9(14-16-12)15-17-13)10(18-20-2)19-21-3/h8-10H,4-7H2,1-3H3. The average molecular weight is 324 g/mol. The van der Waals surface area contributed by atoms with Gasteiger partial charge in [-0.25, -0.2) is 0 Å². The maximum atomic E-state index is 8.77. The van der Waals surface area contributed by atoms with Crippen LogP contribution in [0.4, 0.5) is 0 Å². The largest absolute Gasteiger partial charge is 0.394 e. The van der Waals surface area contributed by atoms with Crippen molar-refractivity contribution in [2.24, 2.45) is 21.6 Å². The van der Waals surface area contributed by atoms with Crippen LogP contribution in [0.5, 0.6) is 0 Å². The van der Waals surface area contributed by atoms with Crippen molar-refractivity contribution >= 4 is 19.5 Å². The Bertz CT molecular complexity index is 399. The zero-order valence-corrected chi connectivity index (χ0v) is 14.6. The molecule has 0 aliphatic heterocycles. The lowest BCUT2D eigenvalue weighted by Crippen LogP contribution is -2.47. The van der Waals surface area contributed by atoms with Crippen LogP contribution in [0.25, 0.3) is 20.9 Å². The summed E-state index contributed by atoms with van der Waals surface area (Å²) in [5.74, 6) is 0.537. The lowest BCUT2D eigenvalue weighted by atomic mass is 9.71. The van der Waals surface area contributed by atoms with Gasteiger partial charge in [0, 0.05) is 15.2 Å². The van der Waals surface area contributed by atoms with E-state index in [2.05, 4.69) is 20.1 Å².